The van der Waals surface area contributed by atoms with Crippen LogP contribution in [0.5, 0.6) is 0 Å². The monoisotopic (exact) mass is 347 g/mol. The fourth-order valence-electron chi connectivity index (χ4n) is 2.53. The summed E-state index contributed by atoms with van der Waals surface area (Å²) in [6.45, 7) is 1.92. The third kappa shape index (κ3) is 3.14. The molecule has 0 aromatic heterocycles. The van der Waals surface area contributed by atoms with Crippen LogP contribution < -0.4 is 4.31 Å². The van der Waals surface area contributed by atoms with E-state index >= 15 is 0 Å². The highest BCUT2D eigenvalue weighted by Gasteiger charge is 2.28. The molecule has 0 spiro atoms. The molecule has 1 aliphatic heterocycles. The minimum Gasteiger partial charge on any atom is -0.295 e. The van der Waals surface area contributed by atoms with Gasteiger partial charge in [-0.3, -0.25) is 9.10 Å². The van der Waals surface area contributed by atoms with Gasteiger partial charge >= 0.3 is 0 Å². The SMILES string of the molecule is CC(=O)c1ccc(S(=O)(=O)N2CCCSc3ccccc32)cc1. The van der Waals surface area contributed by atoms with E-state index in [0.29, 0.717) is 12.1 Å². The predicted molar refractivity (Wildman–Crippen MR) is 92.8 cm³/mol. The van der Waals surface area contributed by atoms with Gasteiger partial charge in [0.05, 0.1) is 10.6 Å². The van der Waals surface area contributed by atoms with Crippen molar-refractivity contribution in [1.29, 1.82) is 0 Å². The zero-order valence-corrected chi connectivity index (χ0v) is 14.4. The normalized spacial score (nSPS) is 14.9. The van der Waals surface area contributed by atoms with Gasteiger partial charge in [-0.1, -0.05) is 24.3 Å². The smallest absolute Gasteiger partial charge is 0.264 e. The maximum Gasteiger partial charge on any atom is 0.264 e. The van der Waals surface area contributed by atoms with Crippen molar-refractivity contribution < 1.29 is 13.2 Å². The quantitative estimate of drug-likeness (QED) is 0.797. The number of carbonyl (C=O) groups excluding carboxylic acids is 1. The molecule has 3 rings (SSSR count). The minimum absolute atomic E-state index is 0.0783. The van der Waals surface area contributed by atoms with Crippen molar-refractivity contribution in [3.8, 4) is 0 Å². The molecule has 0 unspecified atom stereocenters. The van der Waals surface area contributed by atoms with Crippen LogP contribution in [0.1, 0.15) is 23.7 Å². The van der Waals surface area contributed by atoms with Crippen molar-refractivity contribution in [1.82, 2.24) is 0 Å². The van der Waals surface area contributed by atoms with Crippen LogP contribution >= 0.6 is 11.8 Å². The molecule has 0 radical (unpaired) electrons. The highest BCUT2D eigenvalue weighted by Crippen LogP contribution is 2.36. The second kappa shape index (κ2) is 6.37. The molecule has 0 atom stereocenters. The lowest BCUT2D eigenvalue weighted by molar-refractivity contribution is 0.101. The van der Waals surface area contributed by atoms with E-state index < -0.39 is 10.0 Å². The van der Waals surface area contributed by atoms with Crippen molar-refractivity contribution in [3.05, 3.63) is 54.1 Å². The zero-order valence-electron chi connectivity index (χ0n) is 12.7. The van der Waals surface area contributed by atoms with Gasteiger partial charge in [0.1, 0.15) is 0 Å². The number of rotatable bonds is 3. The van der Waals surface area contributed by atoms with E-state index in [1.807, 2.05) is 24.3 Å². The summed E-state index contributed by atoms with van der Waals surface area (Å²) in [5, 5.41) is 0. The Labute approximate surface area is 140 Å². The average molecular weight is 347 g/mol. The molecule has 0 saturated heterocycles. The Balaban J connectivity index is 2.04. The summed E-state index contributed by atoms with van der Waals surface area (Å²) in [5.74, 6) is 0.817. The summed E-state index contributed by atoms with van der Waals surface area (Å²) in [6, 6.07) is 13.7. The molecule has 0 bridgehead atoms. The zero-order chi connectivity index (χ0) is 16.4. The number of hydrogen-bond donors (Lipinski definition) is 0. The summed E-state index contributed by atoms with van der Waals surface area (Å²) < 4.78 is 27.5. The first-order valence-electron chi connectivity index (χ1n) is 7.36. The van der Waals surface area contributed by atoms with Crippen molar-refractivity contribution in [2.75, 3.05) is 16.6 Å². The minimum atomic E-state index is -3.63. The Hall–Kier alpha value is -1.79. The van der Waals surface area contributed by atoms with Gasteiger partial charge in [0, 0.05) is 17.0 Å². The fourth-order valence-corrected chi connectivity index (χ4v) is 5.11. The number of hydrogen-bond acceptors (Lipinski definition) is 4. The van der Waals surface area contributed by atoms with Crippen LogP contribution in [0.15, 0.2) is 58.3 Å². The summed E-state index contributed by atoms with van der Waals surface area (Å²) >= 11 is 1.68. The van der Waals surface area contributed by atoms with Gasteiger partial charge in [0.2, 0.25) is 0 Å². The van der Waals surface area contributed by atoms with Gasteiger partial charge in [-0.25, -0.2) is 8.42 Å². The number of sulfonamides is 1. The largest absolute Gasteiger partial charge is 0.295 e. The summed E-state index contributed by atoms with van der Waals surface area (Å²) in [6.07, 6.45) is 0.796. The molecule has 1 aliphatic rings. The van der Waals surface area contributed by atoms with E-state index in [1.54, 1.807) is 23.9 Å². The first kappa shape index (κ1) is 16.1. The lowest BCUT2D eigenvalue weighted by Gasteiger charge is -2.24. The van der Waals surface area contributed by atoms with Gasteiger partial charge in [0.25, 0.3) is 10.0 Å². The molecule has 2 aromatic rings. The Kier molecular flexibility index (Phi) is 4.46. The lowest BCUT2D eigenvalue weighted by Crippen LogP contribution is -2.31. The molecule has 23 heavy (non-hydrogen) atoms. The highest BCUT2D eigenvalue weighted by molar-refractivity contribution is 7.99. The molecular formula is C17H17NO3S2. The number of ketones is 1. The van der Waals surface area contributed by atoms with Crippen molar-refractivity contribution in [2.45, 2.75) is 23.1 Å². The molecule has 6 heteroatoms. The highest BCUT2D eigenvalue weighted by atomic mass is 32.2. The standard InChI is InChI=1S/C17H17NO3S2/c1-13(19)14-7-9-15(10-8-14)23(20,21)18-11-4-12-22-17-6-3-2-5-16(17)18/h2-3,5-10H,4,11-12H2,1H3. The second-order valence-corrected chi connectivity index (χ2v) is 8.33. The van der Waals surface area contributed by atoms with Crippen molar-refractivity contribution in [2.24, 2.45) is 0 Å². The number of Topliss-reactive ketones (excluding diaryl/α,β-unsaturated/α-hetero) is 1. The third-order valence-electron chi connectivity index (χ3n) is 3.75. The van der Waals surface area contributed by atoms with Crippen LogP contribution in [0.3, 0.4) is 0 Å². The first-order valence-corrected chi connectivity index (χ1v) is 9.78. The first-order chi connectivity index (χ1) is 11.0. The Morgan fingerprint density at radius 3 is 2.48 bits per heavy atom. The molecular weight excluding hydrogens is 330 g/mol. The van der Waals surface area contributed by atoms with Gasteiger partial charge < -0.3 is 0 Å². The number of fused-ring (bicyclic) bond motifs is 1. The number of benzene rings is 2. The molecule has 1 heterocycles. The number of para-hydroxylation sites is 1. The van der Waals surface area contributed by atoms with Crippen molar-refractivity contribution in [3.63, 3.8) is 0 Å². The van der Waals surface area contributed by atoms with Crippen molar-refractivity contribution >= 4 is 33.3 Å². The number of nitrogens with zero attached hydrogens (tertiary/aromatic N) is 1. The van der Waals surface area contributed by atoms with E-state index in [4.69, 9.17) is 0 Å². The van der Waals surface area contributed by atoms with Crippen LogP contribution in [0, 0.1) is 0 Å². The van der Waals surface area contributed by atoms with E-state index in [-0.39, 0.29) is 10.7 Å². The number of thioether (sulfide) groups is 1. The molecule has 0 N–H and O–H groups in total. The molecule has 0 saturated carbocycles. The van der Waals surface area contributed by atoms with E-state index in [2.05, 4.69) is 0 Å². The van der Waals surface area contributed by atoms with E-state index in [1.165, 1.54) is 23.4 Å². The maximum absolute atomic E-state index is 13.0. The Bertz CT molecular complexity index is 829. The van der Waals surface area contributed by atoms with Crippen LogP contribution in [-0.2, 0) is 10.0 Å². The molecule has 0 fully saturated rings. The molecule has 0 amide bonds. The average Bonchev–Trinajstić information content (AvgIpc) is 2.77. The molecule has 4 nitrogen and oxygen atoms in total. The summed E-state index contributed by atoms with van der Waals surface area (Å²) in [7, 11) is -3.63. The lowest BCUT2D eigenvalue weighted by atomic mass is 10.2. The number of anilines is 1. The van der Waals surface area contributed by atoms with Gasteiger partial charge in [-0.05, 0) is 43.4 Å². The topological polar surface area (TPSA) is 54.5 Å². The predicted octanol–water partition coefficient (Wildman–Crippen LogP) is 3.58. The van der Waals surface area contributed by atoms with Crippen LogP contribution in [0.2, 0.25) is 0 Å². The Morgan fingerprint density at radius 2 is 1.78 bits per heavy atom. The van der Waals surface area contributed by atoms with Gasteiger partial charge in [-0.15, -0.1) is 11.8 Å². The number of carbonyl (C=O) groups is 1. The van der Waals surface area contributed by atoms with E-state index in [0.717, 1.165) is 22.8 Å². The van der Waals surface area contributed by atoms with Gasteiger partial charge in [-0.2, -0.15) is 0 Å². The van der Waals surface area contributed by atoms with Crippen LogP contribution in [0.25, 0.3) is 0 Å². The maximum atomic E-state index is 13.0. The van der Waals surface area contributed by atoms with Gasteiger partial charge in [0.15, 0.2) is 5.78 Å². The molecule has 120 valence electrons. The van der Waals surface area contributed by atoms with Crippen LogP contribution in [0.4, 0.5) is 5.69 Å². The molecule has 2 aromatic carbocycles. The third-order valence-corrected chi connectivity index (χ3v) is 6.72. The van der Waals surface area contributed by atoms with Crippen LogP contribution in [-0.4, -0.2) is 26.5 Å². The summed E-state index contributed by atoms with van der Waals surface area (Å²) in [5.41, 5.74) is 1.24. The van der Waals surface area contributed by atoms with E-state index in [9.17, 15) is 13.2 Å². The molecule has 0 aliphatic carbocycles. The summed E-state index contributed by atoms with van der Waals surface area (Å²) in [4.78, 5) is 12.5. The second-order valence-electron chi connectivity index (χ2n) is 5.33. The fraction of sp³-hybridized carbons (Fsp3) is 0.235. The Morgan fingerprint density at radius 1 is 1.09 bits per heavy atom.